The molecular formula is C19H17N5O4. The maximum absolute atomic E-state index is 11.5. The van der Waals surface area contributed by atoms with Crippen molar-refractivity contribution in [3.8, 4) is 11.5 Å². The fraction of sp³-hybridized carbons (Fsp3) is 0.105. The van der Waals surface area contributed by atoms with Gasteiger partial charge in [-0.05, 0) is 36.4 Å². The van der Waals surface area contributed by atoms with Gasteiger partial charge in [-0.25, -0.2) is 14.8 Å². The first-order chi connectivity index (χ1) is 13.6. The maximum Gasteiger partial charge on any atom is 0.337 e. The van der Waals surface area contributed by atoms with Crippen LogP contribution < -0.4 is 25.8 Å². The molecule has 0 aliphatic carbocycles. The zero-order chi connectivity index (χ0) is 19.5. The predicted molar refractivity (Wildman–Crippen MR) is 103 cm³/mol. The number of nitrogens with two attached hydrogens (primary N) is 1. The van der Waals surface area contributed by atoms with E-state index in [1.807, 2.05) is 18.2 Å². The molecule has 1 aromatic heterocycles. The van der Waals surface area contributed by atoms with E-state index in [-0.39, 0.29) is 6.79 Å². The minimum atomic E-state index is -0.400. The van der Waals surface area contributed by atoms with Crippen LogP contribution in [0, 0.1) is 0 Å². The number of aromatic nitrogens is 2. The monoisotopic (exact) mass is 379 g/mol. The molecule has 0 radical (unpaired) electrons. The number of carbonyl (C=O) groups is 1. The molecule has 0 fully saturated rings. The van der Waals surface area contributed by atoms with Crippen LogP contribution in [0.15, 0.2) is 48.8 Å². The number of fused-ring (bicyclic) bond motifs is 1. The van der Waals surface area contributed by atoms with Crippen LogP contribution in [0.2, 0.25) is 0 Å². The summed E-state index contributed by atoms with van der Waals surface area (Å²) in [4.78, 5) is 19.9. The summed E-state index contributed by atoms with van der Waals surface area (Å²) >= 11 is 0. The van der Waals surface area contributed by atoms with Gasteiger partial charge in [0.1, 0.15) is 12.0 Å². The molecule has 28 heavy (non-hydrogen) atoms. The van der Waals surface area contributed by atoms with Gasteiger partial charge < -0.3 is 30.6 Å². The van der Waals surface area contributed by atoms with E-state index in [1.165, 1.54) is 13.4 Å². The third-order valence-electron chi connectivity index (χ3n) is 4.09. The molecule has 1 aliphatic heterocycles. The Bertz CT molecular complexity index is 1020. The first-order valence-electron chi connectivity index (χ1n) is 8.36. The molecule has 4 rings (SSSR count). The summed E-state index contributed by atoms with van der Waals surface area (Å²) in [7, 11) is 1.34. The summed E-state index contributed by atoms with van der Waals surface area (Å²) in [6.45, 7) is 0.206. The van der Waals surface area contributed by atoms with E-state index in [0.29, 0.717) is 40.1 Å². The molecule has 0 spiro atoms. The van der Waals surface area contributed by atoms with E-state index in [0.717, 1.165) is 5.69 Å². The van der Waals surface area contributed by atoms with E-state index in [2.05, 4.69) is 25.3 Å². The lowest BCUT2D eigenvalue weighted by atomic mass is 10.2. The lowest BCUT2D eigenvalue weighted by Crippen LogP contribution is -2.05. The fourth-order valence-corrected chi connectivity index (χ4v) is 2.65. The molecule has 4 N–H and O–H groups in total. The largest absolute Gasteiger partial charge is 0.465 e. The molecule has 9 nitrogen and oxygen atoms in total. The van der Waals surface area contributed by atoms with Crippen LogP contribution in [0.25, 0.3) is 0 Å². The van der Waals surface area contributed by atoms with Crippen molar-refractivity contribution in [3.63, 3.8) is 0 Å². The topological polar surface area (TPSA) is 121 Å². The standard InChI is InChI=1S/C19H17N5O4/c1-26-19(25)11-2-4-12(5-3-11)23-17-16(20)18(22-9-21-17)24-13-6-7-14-15(8-13)28-10-27-14/h2-9H,10,20H2,1H3,(H2,21,22,23,24). The Kier molecular flexibility index (Phi) is 4.55. The fourth-order valence-electron chi connectivity index (χ4n) is 2.65. The van der Waals surface area contributed by atoms with Crippen molar-refractivity contribution in [2.24, 2.45) is 0 Å². The Morgan fingerprint density at radius 1 is 1.00 bits per heavy atom. The van der Waals surface area contributed by atoms with E-state index in [1.54, 1.807) is 24.3 Å². The van der Waals surface area contributed by atoms with E-state index in [9.17, 15) is 4.79 Å². The van der Waals surface area contributed by atoms with E-state index in [4.69, 9.17) is 15.2 Å². The lowest BCUT2D eigenvalue weighted by Gasteiger charge is -2.13. The number of ether oxygens (including phenoxy) is 3. The minimum Gasteiger partial charge on any atom is -0.465 e. The number of rotatable bonds is 5. The third kappa shape index (κ3) is 3.45. The molecule has 2 aromatic carbocycles. The average Bonchev–Trinajstić information content (AvgIpc) is 3.19. The second-order valence-corrected chi connectivity index (χ2v) is 5.87. The van der Waals surface area contributed by atoms with Crippen LogP contribution in [-0.4, -0.2) is 29.8 Å². The van der Waals surface area contributed by atoms with Crippen LogP contribution in [0.5, 0.6) is 11.5 Å². The first kappa shape index (κ1) is 17.4. The predicted octanol–water partition coefficient (Wildman–Crippen LogP) is 3.06. The van der Waals surface area contributed by atoms with Crippen molar-refractivity contribution in [1.29, 1.82) is 0 Å². The quantitative estimate of drug-likeness (QED) is 0.574. The molecule has 0 saturated carbocycles. The van der Waals surface area contributed by atoms with Crippen molar-refractivity contribution in [2.45, 2.75) is 0 Å². The second-order valence-electron chi connectivity index (χ2n) is 5.87. The molecule has 0 unspecified atom stereocenters. The number of esters is 1. The molecule has 1 aliphatic rings. The molecule has 0 amide bonds. The van der Waals surface area contributed by atoms with Gasteiger partial charge in [0.05, 0.1) is 12.7 Å². The maximum atomic E-state index is 11.5. The van der Waals surface area contributed by atoms with Gasteiger partial charge >= 0.3 is 5.97 Å². The Labute approximate surface area is 160 Å². The van der Waals surface area contributed by atoms with Crippen molar-refractivity contribution >= 4 is 34.7 Å². The molecule has 2 heterocycles. The highest BCUT2D eigenvalue weighted by molar-refractivity contribution is 5.90. The Balaban J connectivity index is 1.52. The SMILES string of the molecule is COC(=O)c1ccc(Nc2ncnc(Nc3ccc4c(c3)OCO4)c2N)cc1. The summed E-state index contributed by atoms with van der Waals surface area (Å²) in [6.07, 6.45) is 1.40. The van der Waals surface area contributed by atoms with Gasteiger partial charge in [0, 0.05) is 17.4 Å². The van der Waals surface area contributed by atoms with E-state index < -0.39 is 5.97 Å². The second kappa shape index (κ2) is 7.31. The highest BCUT2D eigenvalue weighted by Crippen LogP contribution is 2.36. The Morgan fingerprint density at radius 3 is 2.36 bits per heavy atom. The molecule has 0 saturated heterocycles. The lowest BCUT2D eigenvalue weighted by molar-refractivity contribution is 0.0601. The smallest absolute Gasteiger partial charge is 0.337 e. The van der Waals surface area contributed by atoms with Gasteiger partial charge in [-0.2, -0.15) is 0 Å². The first-order valence-corrected chi connectivity index (χ1v) is 8.36. The Hall–Kier alpha value is -4.01. The number of hydrogen-bond donors (Lipinski definition) is 3. The molecule has 0 bridgehead atoms. The molecular weight excluding hydrogens is 362 g/mol. The molecule has 3 aromatic rings. The van der Waals surface area contributed by atoms with Gasteiger partial charge in [-0.3, -0.25) is 0 Å². The number of methoxy groups -OCH3 is 1. The summed E-state index contributed by atoms with van der Waals surface area (Å²) in [5.74, 6) is 1.83. The Morgan fingerprint density at radius 2 is 1.64 bits per heavy atom. The summed E-state index contributed by atoms with van der Waals surface area (Å²) < 4.78 is 15.4. The zero-order valence-corrected chi connectivity index (χ0v) is 14.9. The van der Waals surface area contributed by atoms with Crippen LogP contribution in [-0.2, 0) is 4.74 Å². The van der Waals surface area contributed by atoms with Crippen LogP contribution >= 0.6 is 0 Å². The molecule has 0 atom stereocenters. The average molecular weight is 379 g/mol. The number of nitrogens with one attached hydrogen (secondary N) is 2. The number of nitrogens with zero attached hydrogens (tertiary/aromatic N) is 2. The van der Waals surface area contributed by atoms with Crippen LogP contribution in [0.4, 0.5) is 28.7 Å². The van der Waals surface area contributed by atoms with Gasteiger partial charge in [0.15, 0.2) is 23.1 Å². The molecule has 142 valence electrons. The van der Waals surface area contributed by atoms with Gasteiger partial charge in [-0.15, -0.1) is 0 Å². The van der Waals surface area contributed by atoms with Crippen LogP contribution in [0.1, 0.15) is 10.4 Å². The normalized spacial score (nSPS) is 11.8. The molecule has 9 heteroatoms. The van der Waals surface area contributed by atoms with Gasteiger partial charge in [0.25, 0.3) is 0 Å². The van der Waals surface area contributed by atoms with Crippen molar-refractivity contribution < 1.29 is 19.0 Å². The number of nitrogen functional groups attached to an aromatic ring is 1. The number of benzene rings is 2. The summed E-state index contributed by atoms with van der Waals surface area (Å²) in [6, 6.07) is 12.2. The summed E-state index contributed by atoms with van der Waals surface area (Å²) in [5, 5.41) is 6.26. The third-order valence-corrected chi connectivity index (χ3v) is 4.09. The van der Waals surface area contributed by atoms with Gasteiger partial charge in [0.2, 0.25) is 6.79 Å². The number of hydrogen-bond acceptors (Lipinski definition) is 9. The zero-order valence-electron chi connectivity index (χ0n) is 14.9. The van der Waals surface area contributed by atoms with E-state index >= 15 is 0 Å². The highest BCUT2D eigenvalue weighted by atomic mass is 16.7. The van der Waals surface area contributed by atoms with Crippen LogP contribution in [0.3, 0.4) is 0 Å². The van der Waals surface area contributed by atoms with Crippen molar-refractivity contribution in [1.82, 2.24) is 9.97 Å². The van der Waals surface area contributed by atoms with Gasteiger partial charge in [-0.1, -0.05) is 0 Å². The van der Waals surface area contributed by atoms with Crippen molar-refractivity contribution in [2.75, 3.05) is 30.3 Å². The summed E-state index contributed by atoms with van der Waals surface area (Å²) in [5.41, 5.74) is 8.48. The minimum absolute atomic E-state index is 0.206. The number of carbonyl (C=O) groups excluding carboxylic acids is 1. The highest BCUT2D eigenvalue weighted by Gasteiger charge is 2.15. The number of anilines is 5. The van der Waals surface area contributed by atoms with Crippen molar-refractivity contribution in [3.05, 3.63) is 54.4 Å².